The molecule has 9 nitrogen and oxygen atoms in total. The summed E-state index contributed by atoms with van der Waals surface area (Å²) in [7, 11) is -0.00749. The van der Waals surface area contributed by atoms with E-state index in [9.17, 15) is 18.0 Å². The van der Waals surface area contributed by atoms with Crippen molar-refractivity contribution in [3.8, 4) is 11.5 Å². The third-order valence-corrected chi connectivity index (χ3v) is 9.50. The second kappa shape index (κ2) is 15.2. The lowest BCUT2D eigenvalue weighted by Gasteiger charge is -2.34. The van der Waals surface area contributed by atoms with E-state index in [0.29, 0.717) is 21.4 Å². The Hall–Kier alpha value is -4.25. The molecule has 0 aliphatic carbocycles. The molecule has 1 atom stereocenters. The Bertz CT molecular complexity index is 1740. The average Bonchev–Trinajstić information content (AvgIpc) is 3.06. The van der Waals surface area contributed by atoms with Gasteiger partial charge in [0.25, 0.3) is 10.0 Å². The molecule has 0 fully saturated rings. The van der Waals surface area contributed by atoms with Gasteiger partial charge in [0.2, 0.25) is 11.8 Å². The first-order valence-electron chi connectivity index (χ1n) is 13.9. The Morgan fingerprint density at radius 2 is 1.53 bits per heavy atom. The molecule has 0 unspecified atom stereocenters. The summed E-state index contributed by atoms with van der Waals surface area (Å²) in [5.41, 5.74) is 1.40. The minimum Gasteiger partial charge on any atom is -0.497 e. The first-order valence-corrected chi connectivity index (χ1v) is 16.1. The van der Waals surface area contributed by atoms with Crippen molar-refractivity contribution in [3.05, 3.63) is 118 Å². The quantitative estimate of drug-likeness (QED) is 0.199. The maximum atomic E-state index is 14.5. The molecule has 0 aromatic heterocycles. The van der Waals surface area contributed by atoms with E-state index in [4.69, 9.17) is 32.7 Å². The van der Waals surface area contributed by atoms with Gasteiger partial charge in [0.15, 0.2) is 0 Å². The molecule has 0 saturated heterocycles. The number of anilines is 1. The predicted molar refractivity (Wildman–Crippen MR) is 176 cm³/mol. The summed E-state index contributed by atoms with van der Waals surface area (Å²) in [6.07, 6.45) is 0.158. The number of hydrogen-bond donors (Lipinski definition) is 1. The Morgan fingerprint density at radius 1 is 0.867 bits per heavy atom. The van der Waals surface area contributed by atoms with Crippen LogP contribution in [0, 0.1) is 0 Å². The Morgan fingerprint density at radius 3 is 2.13 bits per heavy atom. The number of amides is 2. The van der Waals surface area contributed by atoms with E-state index < -0.39 is 34.4 Å². The third-order valence-electron chi connectivity index (χ3n) is 7.14. The molecule has 0 saturated carbocycles. The number of halogens is 2. The minimum absolute atomic E-state index is 0.0397. The van der Waals surface area contributed by atoms with Crippen LogP contribution in [-0.4, -0.2) is 59.0 Å². The molecule has 4 rings (SSSR count). The van der Waals surface area contributed by atoms with Gasteiger partial charge < -0.3 is 19.7 Å². The van der Waals surface area contributed by atoms with Gasteiger partial charge in [-0.05, 0) is 47.5 Å². The van der Waals surface area contributed by atoms with Crippen molar-refractivity contribution in [1.82, 2.24) is 10.2 Å². The molecule has 0 aliphatic rings. The van der Waals surface area contributed by atoms with E-state index in [1.165, 1.54) is 44.4 Å². The van der Waals surface area contributed by atoms with Gasteiger partial charge in [0.1, 0.15) is 24.1 Å². The minimum atomic E-state index is -4.33. The monoisotopic (exact) mass is 669 g/mol. The van der Waals surface area contributed by atoms with Crippen LogP contribution in [0.4, 0.5) is 5.69 Å². The molecule has 45 heavy (non-hydrogen) atoms. The normalized spacial score (nSPS) is 11.8. The lowest BCUT2D eigenvalue weighted by Crippen LogP contribution is -2.53. The van der Waals surface area contributed by atoms with Crippen molar-refractivity contribution in [2.45, 2.75) is 23.9 Å². The Labute approximate surface area is 273 Å². The van der Waals surface area contributed by atoms with Crippen LogP contribution in [0.15, 0.2) is 102 Å². The van der Waals surface area contributed by atoms with Crippen molar-refractivity contribution in [1.29, 1.82) is 0 Å². The fourth-order valence-corrected chi connectivity index (χ4v) is 6.68. The fourth-order valence-electron chi connectivity index (χ4n) is 4.78. The van der Waals surface area contributed by atoms with Crippen molar-refractivity contribution in [2.75, 3.05) is 32.1 Å². The lowest BCUT2D eigenvalue weighted by molar-refractivity contribution is -0.139. The summed E-state index contributed by atoms with van der Waals surface area (Å²) in [5, 5.41) is 3.34. The standard InChI is InChI=1S/C33H33Cl2N3O6S/c1-36-33(40)30(18-23-10-6-4-7-11-23)37(21-24-14-15-25(34)19-28(24)35)32(39)22-38(45(41,42)27-12-8-5-9-13-27)29-20-26(43-2)16-17-31(29)44-3/h4-17,19-20,30H,18,21-22H2,1-3H3,(H,36,40)/t30-/m1/s1. The largest absolute Gasteiger partial charge is 0.497 e. The number of hydrogen-bond acceptors (Lipinski definition) is 6. The summed E-state index contributed by atoms with van der Waals surface area (Å²) in [5.74, 6) is -0.546. The second-order valence-corrected chi connectivity index (χ2v) is 12.6. The Kier molecular flexibility index (Phi) is 11.3. The maximum Gasteiger partial charge on any atom is 0.264 e. The smallest absolute Gasteiger partial charge is 0.264 e. The molecule has 236 valence electrons. The highest BCUT2D eigenvalue weighted by atomic mass is 35.5. The van der Waals surface area contributed by atoms with Gasteiger partial charge in [-0.15, -0.1) is 0 Å². The van der Waals surface area contributed by atoms with Gasteiger partial charge in [-0.2, -0.15) is 0 Å². The number of nitrogens with zero attached hydrogens (tertiary/aromatic N) is 2. The Balaban J connectivity index is 1.86. The molecule has 0 radical (unpaired) electrons. The highest BCUT2D eigenvalue weighted by Gasteiger charge is 2.35. The van der Waals surface area contributed by atoms with Crippen LogP contribution in [0.3, 0.4) is 0 Å². The number of rotatable bonds is 13. The van der Waals surface area contributed by atoms with Crippen LogP contribution in [0.1, 0.15) is 11.1 Å². The number of methoxy groups -OCH3 is 2. The topological polar surface area (TPSA) is 105 Å². The van der Waals surface area contributed by atoms with Gasteiger partial charge in [-0.3, -0.25) is 13.9 Å². The summed E-state index contributed by atoms with van der Waals surface area (Å²) < 4.78 is 40.3. The average molecular weight is 671 g/mol. The number of ether oxygens (including phenoxy) is 2. The van der Waals surface area contributed by atoms with Gasteiger partial charge in [0, 0.05) is 36.1 Å². The zero-order valence-corrected chi connectivity index (χ0v) is 27.3. The van der Waals surface area contributed by atoms with E-state index in [-0.39, 0.29) is 29.3 Å². The zero-order chi connectivity index (χ0) is 32.6. The number of sulfonamides is 1. The van der Waals surface area contributed by atoms with Gasteiger partial charge >= 0.3 is 0 Å². The highest BCUT2D eigenvalue weighted by Crippen LogP contribution is 2.36. The van der Waals surface area contributed by atoms with Crippen LogP contribution in [-0.2, 0) is 32.6 Å². The van der Waals surface area contributed by atoms with Gasteiger partial charge in [-0.25, -0.2) is 8.42 Å². The fraction of sp³-hybridized carbons (Fsp3) is 0.212. The van der Waals surface area contributed by atoms with Crippen molar-refractivity contribution < 1.29 is 27.5 Å². The van der Waals surface area contributed by atoms with Gasteiger partial charge in [0.05, 0.1) is 24.8 Å². The molecule has 0 heterocycles. The number of nitrogens with one attached hydrogen (secondary N) is 1. The highest BCUT2D eigenvalue weighted by molar-refractivity contribution is 7.92. The molecule has 12 heteroatoms. The number of benzene rings is 4. The van der Waals surface area contributed by atoms with Crippen molar-refractivity contribution in [3.63, 3.8) is 0 Å². The molecule has 0 bridgehead atoms. The molecule has 4 aromatic rings. The van der Waals surface area contributed by atoms with E-state index in [2.05, 4.69) is 5.32 Å². The molecule has 0 aliphatic heterocycles. The van der Waals surface area contributed by atoms with Gasteiger partial charge in [-0.1, -0.05) is 77.8 Å². The number of likely N-dealkylation sites (N-methyl/N-ethyl adjacent to an activating group) is 1. The number of carbonyl (C=O) groups excluding carboxylic acids is 2. The SMILES string of the molecule is CNC(=O)[C@@H](Cc1ccccc1)N(Cc1ccc(Cl)cc1Cl)C(=O)CN(c1cc(OC)ccc1OC)S(=O)(=O)c1ccccc1. The summed E-state index contributed by atoms with van der Waals surface area (Å²) in [6.45, 7) is -0.775. The second-order valence-electron chi connectivity index (χ2n) is 9.94. The molecule has 2 amide bonds. The molecule has 4 aromatic carbocycles. The lowest BCUT2D eigenvalue weighted by atomic mass is 10.0. The van der Waals surface area contributed by atoms with E-state index in [0.717, 1.165) is 9.87 Å². The summed E-state index contributed by atoms with van der Waals surface area (Å²) >= 11 is 12.7. The molecular weight excluding hydrogens is 637 g/mol. The van der Waals surface area contributed by atoms with Crippen molar-refractivity contribution in [2.24, 2.45) is 0 Å². The molecule has 0 spiro atoms. The summed E-state index contributed by atoms with van der Waals surface area (Å²) in [4.78, 5) is 29.2. The molecular formula is C33H33Cl2N3O6S. The summed E-state index contributed by atoms with van der Waals surface area (Å²) in [6, 6.07) is 25.4. The van der Waals surface area contributed by atoms with Crippen LogP contribution in [0.2, 0.25) is 10.0 Å². The van der Waals surface area contributed by atoms with E-state index in [1.54, 1.807) is 48.5 Å². The van der Waals surface area contributed by atoms with Crippen LogP contribution in [0.25, 0.3) is 0 Å². The molecule has 1 N–H and O–H groups in total. The van der Waals surface area contributed by atoms with Crippen LogP contribution >= 0.6 is 23.2 Å². The predicted octanol–water partition coefficient (Wildman–Crippen LogP) is 5.59. The van der Waals surface area contributed by atoms with E-state index >= 15 is 0 Å². The van der Waals surface area contributed by atoms with E-state index in [1.807, 2.05) is 30.3 Å². The number of carbonyl (C=O) groups is 2. The van der Waals surface area contributed by atoms with Crippen LogP contribution in [0.5, 0.6) is 11.5 Å². The third kappa shape index (κ3) is 8.08. The zero-order valence-electron chi connectivity index (χ0n) is 24.9. The maximum absolute atomic E-state index is 14.5. The van der Waals surface area contributed by atoms with Crippen LogP contribution < -0.4 is 19.1 Å². The van der Waals surface area contributed by atoms with Crippen molar-refractivity contribution >= 4 is 50.7 Å². The first-order chi connectivity index (χ1) is 21.6. The first kappa shape index (κ1) is 33.6.